The molecular weight excluding hydrogens is 796 g/mol. The smallest absolute Gasteiger partial charge is 0.462 e. The van der Waals surface area contributed by atoms with Gasteiger partial charge in [0.1, 0.15) is 32.3 Å². The molecule has 0 radical (unpaired) electrons. The molecule has 0 saturated heterocycles. The Hall–Kier alpha value is -2.60. The minimum Gasteiger partial charge on any atom is -0.462 e. The number of hydrogen-bond donors (Lipinski definition) is 3. The summed E-state index contributed by atoms with van der Waals surface area (Å²) in [6, 6.07) is 3.56. The first kappa shape index (κ1) is 54.5. The fourth-order valence-electron chi connectivity index (χ4n) is 7.36. The number of rotatable bonds is 40. The van der Waals surface area contributed by atoms with Gasteiger partial charge in [0, 0.05) is 24.5 Å². The lowest BCUT2D eigenvalue weighted by molar-refractivity contribution is -0.671. The van der Waals surface area contributed by atoms with Crippen molar-refractivity contribution in [1.29, 1.82) is 0 Å². The van der Waals surface area contributed by atoms with Crippen molar-refractivity contribution in [3.05, 3.63) is 48.2 Å². The Bertz CT molecular complexity index is 1390. The zero-order valence-corrected chi connectivity index (χ0v) is 39.0. The number of aliphatic hydroxyl groups excluding tert-OH is 2. The van der Waals surface area contributed by atoms with E-state index in [2.05, 4.69) is 38.2 Å². The van der Waals surface area contributed by atoms with Crippen LogP contribution in [0.15, 0.2) is 42.6 Å². The molecule has 0 spiro atoms. The molecule has 3 N–H and O–H groups in total. The molecule has 1 aromatic rings. The van der Waals surface area contributed by atoms with Crippen molar-refractivity contribution in [2.75, 3.05) is 44.4 Å². The topological polar surface area (TPSA) is 156 Å². The number of anilines is 1. The molecule has 0 amide bonds. The maximum absolute atomic E-state index is 12.9. The normalized spacial score (nSPS) is 14.7. The minimum absolute atomic E-state index is 0.110. The number of hydrogen-bond acceptors (Lipinski definition) is 10. The van der Waals surface area contributed by atoms with E-state index in [1.165, 1.54) is 83.5 Å². The maximum Gasteiger partial charge on any atom is 0.472 e. The molecule has 3 unspecified atom stereocenters. The lowest BCUT2D eigenvalue weighted by Crippen LogP contribution is -2.32. The van der Waals surface area contributed by atoms with Crippen LogP contribution in [-0.4, -0.2) is 72.7 Å². The molecule has 61 heavy (non-hydrogen) atoms. The number of pyridine rings is 1. The molecule has 0 saturated carbocycles. The van der Waals surface area contributed by atoms with Crippen LogP contribution in [0.25, 0.3) is 0 Å². The first-order valence-corrected chi connectivity index (χ1v) is 25.5. The third-order valence-electron chi connectivity index (χ3n) is 11.1. The number of carbonyl (C=O) groups excluding carboxylic acids is 2. The van der Waals surface area contributed by atoms with Crippen LogP contribution in [0.4, 0.5) is 5.82 Å². The van der Waals surface area contributed by atoms with Crippen LogP contribution in [0.3, 0.4) is 0 Å². The highest BCUT2D eigenvalue weighted by molar-refractivity contribution is 7.47. The van der Waals surface area contributed by atoms with Crippen molar-refractivity contribution >= 4 is 25.6 Å². The Morgan fingerprint density at radius 3 is 1.89 bits per heavy atom. The number of allylic oxidation sites excluding steroid dienone is 4. The van der Waals surface area contributed by atoms with Crippen LogP contribution in [0, 0.1) is 0 Å². The molecule has 1 aliphatic heterocycles. The fraction of sp³-hybridized carbons (Fsp3) is 0.771. The number of nitrogens with zero attached hydrogens (tertiary/aromatic N) is 2. The summed E-state index contributed by atoms with van der Waals surface area (Å²) in [6.07, 6.45) is 36.7. The highest BCUT2D eigenvalue weighted by atomic mass is 31.2. The van der Waals surface area contributed by atoms with Gasteiger partial charge < -0.3 is 24.6 Å². The predicted octanol–water partition coefficient (Wildman–Crippen LogP) is 10.7. The second-order valence-corrected chi connectivity index (χ2v) is 18.0. The van der Waals surface area contributed by atoms with Gasteiger partial charge >= 0.3 is 19.8 Å². The molecule has 2 rings (SSSR count). The fourth-order valence-corrected chi connectivity index (χ4v) is 8.10. The Morgan fingerprint density at radius 1 is 0.738 bits per heavy atom. The largest absolute Gasteiger partial charge is 0.472 e. The number of carbonyl (C=O) groups is 2. The zero-order valence-electron chi connectivity index (χ0n) is 38.1. The Morgan fingerprint density at radius 2 is 1.28 bits per heavy atom. The van der Waals surface area contributed by atoms with E-state index in [1.54, 1.807) is 12.3 Å². The van der Waals surface area contributed by atoms with Crippen molar-refractivity contribution in [2.45, 2.75) is 200 Å². The summed E-state index contributed by atoms with van der Waals surface area (Å²) in [6.45, 7) is 4.83. The lowest BCUT2D eigenvalue weighted by atomic mass is 10.0. The maximum atomic E-state index is 12.9. The number of fused-ring (bicyclic) bond motifs is 1. The van der Waals surface area contributed by atoms with E-state index in [1.807, 2.05) is 15.5 Å². The molecule has 13 heteroatoms. The van der Waals surface area contributed by atoms with Crippen LogP contribution in [0.2, 0.25) is 0 Å². The van der Waals surface area contributed by atoms with Crippen molar-refractivity contribution < 1.29 is 52.3 Å². The van der Waals surface area contributed by atoms with Crippen LogP contribution in [0.1, 0.15) is 192 Å². The summed E-state index contributed by atoms with van der Waals surface area (Å²) in [7, 11) is -4.53. The summed E-state index contributed by atoms with van der Waals surface area (Å²) < 4.78 is 36.4. The van der Waals surface area contributed by atoms with E-state index < -0.39 is 38.6 Å². The molecule has 1 aliphatic rings. The number of phosphoric ester groups is 1. The molecular formula is C48H84N2O10P+. The van der Waals surface area contributed by atoms with E-state index in [9.17, 15) is 29.3 Å². The highest BCUT2D eigenvalue weighted by Gasteiger charge is 2.31. The van der Waals surface area contributed by atoms with Gasteiger partial charge in [0.2, 0.25) is 0 Å². The first-order chi connectivity index (χ1) is 29.7. The van der Waals surface area contributed by atoms with E-state index in [4.69, 9.17) is 18.5 Å². The molecule has 0 aromatic carbocycles. The second kappa shape index (κ2) is 35.8. The van der Waals surface area contributed by atoms with E-state index in [0.717, 1.165) is 63.6 Å². The lowest BCUT2D eigenvalue weighted by Gasteiger charge is -2.20. The van der Waals surface area contributed by atoms with Gasteiger partial charge in [0.15, 0.2) is 6.10 Å². The number of aromatic nitrogens is 1. The van der Waals surface area contributed by atoms with Crippen LogP contribution in [0.5, 0.6) is 0 Å². The monoisotopic (exact) mass is 880 g/mol. The summed E-state index contributed by atoms with van der Waals surface area (Å²) in [5.74, 6) is -0.0216. The van der Waals surface area contributed by atoms with Crippen molar-refractivity contribution in [3.8, 4) is 0 Å². The molecule has 1 aromatic heterocycles. The molecule has 0 bridgehead atoms. The molecule has 3 atom stereocenters. The number of unbranched alkanes of at least 4 members (excludes halogenated alkanes) is 20. The molecule has 12 nitrogen and oxygen atoms in total. The van der Waals surface area contributed by atoms with Gasteiger partial charge in [-0.25, -0.2) is 9.13 Å². The molecule has 0 fully saturated rings. The van der Waals surface area contributed by atoms with Crippen LogP contribution < -0.4 is 9.47 Å². The first-order valence-electron chi connectivity index (χ1n) is 24.0. The minimum atomic E-state index is -4.53. The SMILES string of the molecule is CCCCC/C=C\C/C=C\CCCCCCCC(=O)OCC(COP(=O)(O)OCCN1CC[n+]2cc(C(O)CO)ccc21)OC(=O)CCCCCCCCCCCCCCC. The Labute approximate surface area is 369 Å². The van der Waals surface area contributed by atoms with Gasteiger partial charge in [-0.15, -0.1) is 0 Å². The predicted molar refractivity (Wildman–Crippen MR) is 243 cm³/mol. The van der Waals surface area contributed by atoms with Crippen molar-refractivity contribution in [1.82, 2.24) is 0 Å². The third kappa shape index (κ3) is 27.9. The zero-order chi connectivity index (χ0) is 44.2. The Kier molecular flexibility index (Phi) is 32.0. The molecule has 350 valence electrons. The summed E-state index contributed by atoms with van der Waals surface area (Å²) >= 11 is 0. The highest BCUT2D eigenvalue weighted by Crippen LogP contribution is 2.43. The third-order valence-corrected chi connectivity index (χ3v) is 12.1. The van der Waals surface area contributed by atoms with Gasteiger partial charge in [-0.1, -0.05) is 147 Å². The quantitative estimate of drug-likeness (QED) is 0.0190. The average Bonchev–Trinajstić information content (AvgIpc) is 3.66. The number of aliphatic hydroxyl groups is 2. The standard InChI is InChI=1S/C48H83N2O10P/c1-3-5-7-9-11-13-15-17-18-20-21-23-25-27-29-31-47(53)57-41-44(60-48(54)32-30-28-26-24-22-19-16-14-12-10-8-6-4-2)42-59-61(55,56)58-38-37-49-35-36-50-39-43(45(52)40-51)33-34-46(49)50/h11,13,17-18,33-34,39,44-45,51-52H,3-10,12,14-16,19-32,35-38,40-42H2,1-2H3/p+1/b13-11-,18-17-. The van der Waals surface area contributed by atoms with Crippen LogP contribution >= 0.6 is 7.82 Å². The van der Waals surface area contributed by atoms with Gasteiger partial charge in [-0.2, -0.15) is 0 Å². The summed E-state index contributed by atoms with van der Waals surface area (Å²) in [4.78, 5) is 37.9. The Balaban J connectivity index is 1.72. The van der Waals surface area contributed by atoms with E-state index in [0.29, 0.717) is 38.0 Å². The van der Waals surface area contributed by atoms with E-state index >= 15 is 0 Å². The van der Waals surface area contributed by atoms with Crippen molar-refractivity contribution in [2.24, 2.45) is 0 Å². The molecule has 0 aliphatic carbocycles. The van der Waals surface area contributed by atoms with E-state index in [-0.39, 0.29) is 32.7 Å². The summed E-state index contributed by atoms with van der Waals surface area (Å²) in [5.41, 5.74) is 0.601. The molecule has 2 heterocycles. The van der Waals surface area contributed by atoms with Gasteiger partial charge in [-0.3, -0.25) is 23.5 Å². The number of esters is 2. The summed E-state index contributed by atoms with van der Waals surface area (Å²) in [5, 5.41) is 19.2. The van der Waals surface area contributed by atoms with Gasteiger partial charge in [0.05, 0.1) is 26.0 Å². The second-order valence-electron chi connectivity index (χ2n) is 16.6. The van der Waals surface area contributed by atoms with Crippen molar-refractivity contribution in [3.63, 3.8) is 0 Å². The van der Waals surface area contributed by atoms with Gasteiger partial charge in [-0.05, 0) is 51.0 Å². The average molecular weight is 880 g/mol. The number of phosphoric acid groups is 1. The number of ether oxygens (including phenoxy) is 2. The van der Waals surface area contributed by atoms with Gasteiger partial charge in [0.25, 0.3) is 5.82 Å². The van der Waals surface area contributed by atoms with Crippen LogP contribution in [-0.2, 0) is 39.2 Å².